The van der Waals surface area contributed by atoms with Crippen LogP contribution >= 0.6 is 0 Å². The molecule has 0 spiro atoms. The molecule has 19 heavy (non-hydrogen) atoms. The van der Waals surface area contributed by atoms with Crippen LogP contribution in [0.2, 0.25) is 0 Å². The predicted molar refractivity (Wildman–Crippen MR) is 79.3 cm³/mol. The van der Waals surface area contributed by atoms with E-state index >= 15 is 0 Å². The first-order valence-electron chi connectivity index (χ1n) is 7.49. The molecule has 2 rings (SSSR count). The molecule has 3 nitrogen and oxygen atoms in total. The summed E-state index contributed by atoms with van der Waals surface area (Å²) < 4.78 is 5.82. The van der Waals surface area contributed by atoms with Crippen molar-refractivity contribution in [2.24, 2.45) is 5.73 Å². The second kappa shape index (κ2) is 7.51. The van der Waals surface area contributed by atoms with Crippen molar-refractivity contribution >= 4 is 0 Å². The van der Waals surface area contributed by atoms with Crippen molar-refractivity contribution in [3.63, 3.8) is 0 Å². The average molecular weight is 262 g/mol. The first-order chi connectivity index (χ1) is 9.33. The van der Waals surface area contributed by atoms with Crippen molar-refractivity contribution in [1.82, 2.24) is 4.90 Å². The van der Waals surface area contributed by atoms with E-state index in [4.69, 9.17) is 10.5 Å². The summed E-state index contributed by atoms with van der Waals surface area (Å²) in [5.74, 6) is 0.947. The number of likely N-dealkylation sites (tertiary alicyclic amines) is 1. The Morgan fingerprint density at radius 1 is 1.26 bits per heavy atom. The van der Waals surface area contributed by atoms with Crippen molar-refractivity contribution in [3.05, 3.63) is 29.8 Å². The lowest BCUT2D eigenvalue weighted by Crippen LogP contribution is -2.41. The van der Waals surface area contributed by atoms with Gasteiger partial charge in [-0.25, -0.2) is 0 Å². The van der Waals surface area contributed by atoms with Gasteiger partial charge in [0.2, 0.25) is 0 Å². The zero-order valence-corrected chi connectivity index (χ0v) is 12.0. The summed E-state index contributed by atoms with van der Waals surface area (Å²) >= 11 is 0. The van der Waals surface area contributed by atoms with Crippen LogP contribution in [0.15, 0.2) is 24.3 Å². The molecule has 0 aliphatic carbocycles. The van der Waals surface area contributed by atoms with E-state index in [0.29, 0.717) is 6.54 Å². The maximum Gasteiger partial charge on any atom is 0.119 e. The standard InChI is InChI=1S/C16H26N2O/c1-2-15-5-3-4-10-18(15)11-12-19-16-8-6-14(13-17)7-9-16/h6-9,15H,2-5,10-13,17H2,1H3. The molecule has 0 amide bonds. The Kier molecular flexibility index (Phi) is 5.67. The smallest absolute Gasteiger partial charge is 0.119 e. The minimum atomic E-state index is 0.590. The summed E-state index contributed by atoms with van der Waals surface area (Å²) in [7, 11) is 0. The molecule has 1 aromatic carbocycles. The van der Waals surface area contributed by atoms with Crippen LogP contribution in [0.1, 0.15) is 38.2 Å². The van der Waals surface area contributed by atoms with Gasteiger partial charge in [-0.3, -0.25) is 4.90 Å². The van der Waals surface area contributed by atoms with E-state index in [1.54, 1.807) is 0 Å². The molecule has 1 unspecified atom stereocenters. The summed E-state index contributed by atoms with van der Waals surface area (Å²) in [5, 5.41) is 0. The number of ether oxygens (including phenoxy) is 1. The van der Waals surface area contributed by atoms with Gasteiger partial charge in [-0.1, -0.05) is 25.5 Å². The number of benzene rings is 1. The highest BCUT2D eigenvalue weighted by Gasteiger charge is 2.20. The molecule has 1 aromatic rings. The van der Waals surface area contributed by atoms with Gasteiger partial charge in [0.05, 0.1) is 0 Å². The fourth-order valence-electron chi connectivity index (χ4n) is 2.82. The molecular formula is C16H26N2O. The van der Waals surface area contributed by atoms with E-state index in [9.17, 15) is 0 Å². The fraction of sp³-hybridized carbons (Fsp3) is 0.625. The van der Waals surface area contributed by atoms with Crippen molar-refractivity contribution in [1.29, 1.82) is 0 Å². The van der Waals surface area contributed by atoms with Crippen LogP contribution < -0.4 is 10.5 Å². The lowest BCUT2D eigenvalue weighted by Gasteiger charge is -2.34. The second-order valence-electron chi connectivity index (χ2n) is 5.29. The van der Waals surface area contributed by atoms with Crippen LogP contribution in [0, 0.1) is 0 Å². The third-order valence-electron chi connectivity index (χ3n) is 4.03. The Morgan fingerprint density at radius 2 is 2.05 bits per heavy atom. The summed E-state index contributed by atoms with van der Waals surface area (Å²) in [4.78, 5) is 2.58. The molecule has 1 atom stereocenters. The molecule has 0 radical (unpaired) electrons. The minimum absolute atomic E-state index is 0.590. The predicted octanol–water partition coefficient (Wildman–Crippen LogP) is 2.79. The Labute approximate surface area is 116 Å². The number of piperidine rings is 1. The summed E-state index contributed by atoms with van der Waals surface area (Å²) in [6, 6.07) is 8.85. The van der Waals surface area contributed by atoms with Crippen LogP contribution in [0.5, 0.6) is 5.75 Å². The number of nitrogens with zero attached hydrogens (tertiary/aromatic N) is 1. The van der Waals surface area contributed by atoms with Gasteiger partial charge < -0.3 is 10.5 Å². The molecule has 1 saturated heterocycles. The highest BCUT2D eigenvalue weighted by molar-refractivity contribution is 5.27. The first-order valence-corrected chi connectivity index (χ1v) is 7.49. The maximum atomic E-state index is 5.82. The Morgan fingerprint density at radius 3 is 2.74 bits per heavy atom. The molecule has 2 N–H and O–H groups in total. The average Bonchev–Trinajstić information content (AvgIpc) is 2.48. The number of hydrogen-bond donors (Lipinski definition) is 1. The lowest BCUT2D eigenvalue weighted by molar-refractivity contribution is 0.120. The van der Waals surface area contributed by atoms with Gasteiger partial charge in [0, 0.05) is 19.1 Å². The number of rotatable bonds is 6. The number of nitrogens with two attached hydrogens (primary N) is 1. The largest absolute Gasteiger partial charge is 0.492 e. The van der Waals surface area contributed by atoms with Crippen LogP contribution in [0.3, 0.4) is 0 Å². The van der Waals surface area contributed by atoms with E-state index in [2.05, 4.69) is 11.8 Å². The summed E-state index contributed by atoms with van der Waals surface area (Å²) in [6.07, 6.45) is 5.32. The van der Waals surface area contributed by atoms with Crippen LogP contribution in [-0.2, 0) is 6.54 Å². The minimum Gasteiger partial charge on any atom is -0.492 e. The van der Waals surface area contributed by atoms with Crippen LogP contribution in [0.25, 0.3) is 0 Å². The highest BCUT2D eigenvalue weighted by atomic mass is 16.5. The first kappa shape index (κ1) is 14.4. The molecule has 1 fully saturated rings. The molecule has 0 bridgehead atoms. The molecule has 1 heterocycles. The number of hydrogen-bond acceptors (Lipinski definition) is 3. The Balaban J connectivity index is 1.75. The lowest BCUT2D eigenvalue weighted by atomic mass is 10.0. The quantitative estimate of drug-likeness (QED) is 0.856. The van der Waals surface area contributed by atoms with E-state index in [-0.39, 0.29) is 0 Å². The van der Waals surface area contributed by atoms with Crippen molar-refractivity contribution in [3.8, 4) is 5.75 Å². The molecule has 0 saturated carbocycles. The molecule has 1 aliphatic heterocycles. The van der Waals surface area contributed by atoms with Gasteiger partial charge in [0.25, 0.3) is 0 Å². The summed E-state index contributed by atoms with van der Waals surface area (Å²) in [5.41, 5.74) is 6.73. The van der Waals surface area contributed by atoms with E-state index in [0.717, 1.165) is 30.5 Å². The fourth-order valence-corrected chi connectivity index (χ4v) is 2.82. The van der Waals surface area contributed by atoms with Gasteiger partial charge in [0.15, 0.2) is 0 Å². The monoisotopic (exact) mass is 262 g/mol. The highest BCUT2D eigenvalue weighted by Crippen LogP contribution is 2.19. The van der Waals surface area contributed by atoms with Gasteiger partial charge in [-0.15, -0.1) is 0 Å². The zero-order chi connectivity index (χ0) is 13.5. The van der Waals surface area contributed by atoms with E-state index in [1.165, 1.54) is 32.2 Å². The molecule has 0 aromatic heterocycles. The van der Waals surface area contributed by atoms with Gasteiger partial charge in [0.1, 0.15) is 12.4 Å². The van der Waals surface area contributed by atoms with Gasteiger partial charge in [-0.05, 0) is 43.5 Å². The van der Waals surface area contributed by atoms with Crippen molar-refractivity contribution in [2.75, 3.05) is 19.7 Å². The normalized spacial score (nSPS) is 20.4. The maximum absolute atomic E-state index is 5.82. The van der Waals surface area contributed by atoms with E-state index in [1.807, 2.05) is 24.3 Å². The van der Waals surface area contributed by atoms with Crippen molar-refractivity contribution in [2.45, 2.75) is 45.2 Å². The third kappa shape index (κ3) is 4.22. The van der Waals surface area contributed by atoms with Crippen molar-refractivity contribution < 1.29 is 4.74 Å². The Bertz CT molecular complexity index is 364. The zero-order valence-electron chi connectivity index (χ0n) is 12.0. The molecule has 1 aliphatic rings. The molecule has 106 valence electrons. The Hall–Kier alpha value is -1.06. The SMILES string of the molecule is CCC1CCCCN1CCOc1ccc(CN)cc1. The summed E-state index contributed by atoms with van der Waals surface area (Å²) in [6.45, 7) is 5.92. The molecule has 3 heteroatoms. The second-order valence-corrected chi connectivity index (χ2v) is 5.29. The third-order valence-corrected chi connectivity index (χ3v) is 4.03. The molecular weight excluding hydrogens is 236 g/mol. The van der Waals surface area contributed by atoms with Gasteiger partial charge >= 0.3 is 0 Å². The van der Waals surface area contributed by atoms with Gasteiger partial charge in [-0.2, -0.15) is 0 Å². The van der Waals surface area contributed by atoms with Crippen LogP contribution in [-0.4, -0.2) is 30.6 Å². The topological polar surface area (TPSA) is 38.5 Å². The van der Waals surface area contributed by atoms with E-state index < -0.39 is 0 Å². The van der Waals surface area contributed by atoms with Crippen LogP contribution in [0.4, 0.5) is 0 Å².